The van der Waals surface area contributed by atoms with Gasteiger partial charge in [0.2, 0.25) is 0 Å². The molecule has 1 aliphatic rings. The highest BCUT2D eigenvalue weighted by Gasteiger charge is 2.43. The summed E-state index contributed by atoms with van der Waals surface area (Å²) in [5.41, 5.74) is 1.75. The van der Waals surface area contributed by atoms with E-state index in [4.69, 9.17) is 4.74 Å². The summed E-state index contributed by atoms with van der Waals surface area (Å²) in [4.78, 5) is 13.3. The predicted molar refractivity (Wildman–Crippen MR) is 96.0 cm³/mol. The monoisotopic (exact) mass is 395 g/mol. The first kappa shape index (κ1) is 22.5. The van der Waals surface area contributed by atoms with E-state index in [-0.39, 0.29) is 19.0 Å². The molecule has 2 N–H and O–H groups in total. The lowest BCUT2D eigenvalue weighted by atomic mass is 10.1. The third-order valence-corrected chi connectivity index (χ3v) is 4.22. The maximum absolute atomic E-state index is 13.3. The second-order valence-corrected chi connectivity index (χ2v) is 6.16. The van der Waals surface area contributed by atoms with Crippen LogP contribution in [0.2, 0.25) is 0 Å². The van der Waals surface area contributed by atoms with Crippen LogP contribution >= 0.6 is 12.4 Å². The van der Waals surface area contributed by atoms with Crippen molar-refractivity contribution in [3.63, 3.8) is 0 Å². The molecule has 148 valence electrons. The minimum absolute atomic E-state index is 0. The van der Waals surface area contributed by atoms with Crippen molar-refractivity contribution in [2.24, 2.45) is 0 Å². The smallest absolute Gasteiger partial charge is 0.405 e. The van der Waals surface area contributed by atoms with Gasteiger partial charge >= 0.3 is 6.18 Å². The molecule has 1 heterocycles. The van der Waals surface area contributed by atoms with E-state index in [1.54, 1.807) is 0 Å². The summed E-state index contributed by atoms with van der Waals surface area (Å²) in [7, 11) is 0. The summed E-state index contributed by atoms with van der Waals surface area (Å²) in [5.74, 6) is 0.0270. The number of nitrogens with one attached hydrogen (secondary N) is 2. The summed E-state index contributed by atoms with van der Waals surface area (Å²) in [5, 5.41) is 5.37. The van der Waals surface area contributed by atoms with E-state index >= 15 is 0 Å². The number of para-hydroxylation sites is 1. The average molecular weight is 396 g/mol. The largest absolute Gasteiger partial charge is 0.483 e. The minimum Gasteiger partial charge on any atom is -0.483 e. The van der Waals surface area contributed by atoms with Gasteiger partial charge in [-0.2, -0.15) is 13.2 Å². The molecule has 26 heavy (non-hydrogen) atoms. The molecule has 1 fully saturated rings. The maximum Gasteiger partial charge on any atom is 0.405 e. The molecule has 1 aliphatic heterocycles. The highest BCUT2D eigenvalue weighted by atomic mass is 35.5. The summed E-state index contributed by atoms with van der Waals surface area (Å²) in [6.45, 7) is 4.55. The highest BCUT2D eigenvalue weighted by Crippen LogP contribution is 2.25. The van der Waals surface area contributed by atoms with Crippen molar-refractivity contribution >= 4 is 18.3 Å². The molecule has 5 nitrogen and oxygen atoms in total. The van der Waals surface area contributed by atoms with Crippen molar-refractivity contribution in [3.8, 4) is 5.75 Å². The number of benzene rings is 1. The van der Waals surface area contributed by atoms with Gasteiger partial charge < -0.3 is 15.4 Å². The molecular weight excluding hydrogens is 371 g/mol. The molecule has 1 saturated heterocycles. The zero-order chi connectivity index (χ0) is 18.4. The molecule has 0 bridgehead atoms. The van der Waals surface area contributed by atoms with Gasteiger partial charge in [-0.25, -0.2) is 0 Å². The lowest BCUT2D eigenvalue weighted by Gasteiger charge is -2.35. The topological polar surface area (TPSA) is 53.6 Å². The van der Waals surface area contributed by atoms with Gasteiger partial charge in [0.25, 0.3) is 5.91 Å². The Bertz CT molecular complexity index is 573. The van der Waals surface area contributed by atoms with Gasteiger partial charge in [-0.3, -0.25) is 9.69 Å². The number of piperazine rings is 1. The first-order valence-corrected chi connectivity index (χ1v) is 8.26. The molecular formula is C17H25ClF3N3O2. The van der Waals surface area contributed by atoms with E-state index in [1.165, 1.54) is 4.90 Å². The SMILES string of the molecule is Cc1cccc(C)c1OCC(=O)NCC(N1CCNCC1)C(F)(F)F.Cl. The van der Waals surface area contributed by atoms with Crippen LogP contribution in [0.15, 0.2) is 18.2 Å². The molecule has 0 spiro atoms. The predicted octanol–water partition coefficient (Wildman–Crippen LogP) is 2.06. The number of hydrogen-bond acceptors (Lipinski definition) is 4. The Morgan fingerprint density at radius 1 is 1.27 bits per heavy atom. The average Bonchev–Trinajstić information content (AvgIpc) is 2.54. The van der Waals surface area contributed by atoms with E-state index in [0.29, 0.717) is 31.9 Å². The van der Waals surface area contributed by atoms with E-state index in [2.05, 4.69) is 10.6 Å². The molecule has 0 radical (unpaired) electrons. The summed E-state index contributed by atoms with van der Waals surface area (Å²) in [6.07, 6.45) is -4.39. The number of rotatable bonds is 6. The number of amides is 1. The van der Waals surface area contributed by atoms with Crippen molar-refractivity contribution in [3.05, 3.63) is 29.3 Å². The van der Waals surface area contributed by atoms with Crippen molar-refractivity contribution in [1.29, 1.82) is 0 Å². The molecule has 0 aliphatic carbocycles. The van der Waals surface area contributed by atoms with Crippen LogP contribution < -0.4 is 15.4 Å². The zero-order valence-corrected chi connectivity index (χ0v) is 15.7. The first-order valence-electron chi connectivity index (χ1n) is 8.26. The molecule has 2 rings (SSSR count). The number of nitrogens with zero attached hydrogens (tertiary/aromatic N) is 1. The van der Waals surface area contributed by atoms with Crippen LogP contribution in [-0.2, 0) is 4.79 Å². The number of aryl methyl sites for hydroxylation is 2. The molecule has 0 aromatic heterocycles. The maximum atomic E-state index is 13.3. The fraction of sp³-hybridized carbons (Fsp3) is 0.588. The van der Waals surface area contributed by atoms with E-state index < -0.39 is 24.7 Å². The van der Waals surface area contributed by atoms with Gasteiger partial charge in [0.15, 0.2) is 6.61 Å². The highest BCUT2D eigenvalue weighted by molar-refractivity contribution is 5.85. The first-order chi connectivity index (χ1) is 11.8. The third kappa shape index (κ3) is 6.34. The Hall–Kier alpha value is -1.51. The quantitative estimate of drug-likeness (QED) is 0.774. The lowest BCUT2D eigenvalue weighted by molar-refractivity contribution is -0.184. The van der Waals surface area contributed by atoms with Crippen LogP contribution in [-0.4, -0.2) is 62.4 Å². The molecule has 1 amide bonds. The second-order valence-electron chi connectivity index (χ2n) is 6.16. The Kier molecular flexibility index (Phi) is 8.66. The van der Waals surface area contributed by atoms with Crippen LogP contribution in [0.5, 0.6) is 5.75 Å². The van der Waals surface area contributed by atoms with E-state index in [1.807, 2.05) is 32.0 Å². The summed E-state index contributed by atoms with van der Waals surface area (Å²) in [6, 6.07) is 3.90. The summed E-state index contributed by atoms with van der Waals surface area (Å²) >= 11 is 0. The number of carbonyl (C=O) groups excluding carboxylic acids is 1. The van der Waals surface area contributed by atoms with Gasteiger partial charge in [0.1, 0.15) is 11.8 Å². The Morgan fingerprint density at radius 3 is 2.38 bits per heavy atom. The fourth-order valence-corrected chi connectivity index (χ4v) is 2.87. The molecule has 0 saturated carbocycles. The van der Waals surface area contributed by atoms with Crippen LogP contribution in [0.1, 0.15) is 11.1 Å². The number of hydrogen-bond donors (Lipinski definition) is 2. The van der Waals surface area contributed by atoms with Gasteiger partial charge in [0.05, 0.1) is 0 Å². The Balaban J connectivity index is 0.00000338. The molecule has 1 aromatic carbocycles. The summed E-state index contributed by atoms with van der Waals surface area (Å²) < 4.78 is 45.3. The number of ether oxygens (including phenoxy) is 1. The van der Waals surface area contributed by atoms with E-state index in [9.17, 15) is 18.0 Å². The normalized spacial score (nSPS) is 16.5. The van der Waals surface area contributed by atoms with Crippen molar-refractivity contribution in [2.45, 2.75) is 26.1 Å². The van der Waals surface area contributed by atoms with Gasteiger partial charge in [0, 0.05) is 32.7 Å². The Morgan fingerprint density at radius 2 is 1.85 bits per heavy atom. The fourth-order valence-electron chi connectivity index (χ4n) is 2.87. The Labute approximate surface area is 157 Å². The van der Waals surface area contributed by atoms with Crippen LogP contribution in [0.3, 0.4) is 0 Å². The van der Waals surface area contributed by atoms with Gasteiger partial charge in [-0.15, -0.1) is 12.4 Å². The van der Waals surface area contributed by atoms with Crippen LogP contribution in [0, 0.1) is 13.8 Å². The van der Waals surface area contributed by atoms with Crippen molar-refractivity contribution < 1.29 is 22.7 Å². The lowest BCUT2D eigenvalue weighted by Crippen LogP contribution is -2.57. The van der Waals surface area contributed by atoms with Gasteiger partial charge in [-0.1, -0.05) is 18.2 Å². The molecule has 9 heteroatoms. The van der Waals surface area contributed by atoms with Crippen molar-refractivity contribution in [1.82, 2.24) is 15.5 Å². The molecule has 1 unspecified atom stereocenters. The van der Waals surface area contributed by atoms with E-state index in [0.717, 1.165) is 11.1 Å². The zero-order valence-electron chi connectivity index (χ0n) is 14.9. The van der Waals surface area contributed by atoms with Crippen LogP contribution in [0.4, 0.5) is 13.2 Å². The van der Waals surface area contributed by atoms with Gasteiger partial charge in [-0.05, 0) is 25.0 Å². The number of halogens is 4. The standard InChI is InChI=1S/C17H24F3N3O2.ClH/c1-12-4-3-5-13(2)16(12)25-11-15(24)22-10-14(17(18,19)20)23-8-6-21-7-9-23;/h3-5,14,21H,6-11H2,1-2H3,(H,22,24);1H. The van der Waals surface area contributed by atoms with Crippen molar-refractivity contribution in [2.75, 3.05) is 39.3 Å². The molecule has 1 aromatic rings. The van der Waals surface area contributed by atoms with Crippen LogP contribution in [0.25, 0.3) is 0 Å². The number of alkyl halides is 3. The second kappa shape index (κ2) is 9.99. The minimum atomic E-state index is -4.39. The third-order valence-electron chi connectivity index (χ3n) is 4.22. The number of carbonyl (C=O) groups is 1. The molecule has 1 atom stereocenters.